The quantitative estimate of drug-likeness (QED) is 0.174. The molecule has 18 atom stereocenters. The molecule has 0 aromatic heterocycles. The maximum absolute atomic E-state index is 12.9. The number of hydrogen-bond donors (Lipinski definition) is 12. The molecule has 2 heterocycles. The molecule has 0 aliphatic carbocycles. The van der Waals surface area contributed by atoms with E-state index in [4.69, 9.17) is 19.9 Å². The number of esters is 1. The van der Waals surface area contributed by atoms with Crippen LogP contribution in [0.4, 0.5) is 0 Å². The molecule has 13 N–H and O–H groups in total. The van der Waals surface area contributed by atoms with E-state index in [1.807, 2.05) is 43.4 Å². The molecular weight excluding hydrogens is 851 g/mol. The Hall–Kier alpha value is -3.47. The van der Waals surface area contributed by atoms with Gasteiger partial charge in [0, 0.05) is 31.1 Å². The highest BCUT2D eigenvalue weighted by Gasteiger charge is 2.43. The maximum Gasteiger partial charge on any atom is 0.311 e. The third-order valence-corrected chi connectivity index (χ3v) is 11.7. The lowest BCUT2D eigenvalue weighted by Crippen LogP contribution is -2.61. The number of carboxylic acid groups (broad SMARTS) is 1. The number of carbonyl (C=O) groups excluding carboxylic acids is 2. The number of ketones is 1. The van der Waals surface area contributed by atoms with E-state index in [0.717, 1.165) is 12.8 Å². The third kappa shape index (κ3) is 21.4. The summed E-state index contributed by atoms with van der Waals surface area (Å²) < 4.78 is 17.0. The van der Waals surface area contributed by atoms with Gasteiger partial charge in [-0.3, -0.25) is 14.4 Å². The molecule has 370 valence electrons. The van der Waals surface area contributed by atoms with Gasteiger partial charge in [-0.05, 0) is 52.4 Å². The van der Waals surface area contributed by atoms with Crippen LogP contribution in [0.2, 0.25) is 0 Å². The van der Waals surface area contributed by atoms with Crippen LogP contribution in [-0.4, -0.2) is 166 Å². The molecule has 65 heavy (non-hydrogen) atoms. The first-order chi connectivity index (χ1) is 30.6. The van der Waals surface area contributed by atoms with Crippen molar-refractivity contribution in [1.29, 1.82) is 0 Å². The lowest BCUT2D eigenvalue weighted by atomic mass is 9.88. The second-order valence-electron chi connectivity index (χ2n) is 17.4. The Labute approximate surface area is 381 Å². The van der Waals surface area contributed by atoms with Crippen LogP contribution in [0.15, 0.2) is 72.9 Å². The van der Waals surface area contributed by atoms with Crippen molar-refractivity contribution in [2.24, 2.45) is 23.5 Å². The lowest BCUT2D eigenvalue weighted by molar-refractivity contribution is -0.277. The largest absolute Gasteiger partial charge is 0.481 e. The molecule has 1 fully saturated rings. The van der Waals surface area contributed by atoms with Crippen molar-refractivity contribution in [2.75, 3.05) is 0 Å². The summed E-state index contributed by atoms with van der Waals surface area (Å²) in [4.78, 5) is 37.8. The summed E-state index contributed by atoms with van der Waals surface area (Å²) in [6, 6.07) is -1.15. The zero-order valence-corrected chi connectivity index (χ0v) is 37.8. The van der Waals surface area contributed by atoms with E-state index in [9.17, 15) is 70.6 Å². The molecular formula is C47H75NO17. The van der Waals surface area contributed by atoms with Crippen molar-refractivity contribution in [1.82, 2.24) is 0 Å². The fourth-order valence-electron chi connectivity index (χ4n) is 7.45. The predicted octanol–water partition coefficient (Wildman–Crippen LogP) is 0.778. The Morgan fingerprint density at radius 1 is 0.615 bits per heavy atom. The van der Waals surface area contributed by atoms with Crippen LogP contribution in [0.3, 0.4) is 0 Å². The van der Waals surface area contributed by atoms with Crippen LogP contribution in [0, 0.1) is 17.8 Å². The molecule has 2 aliphatic rings. The van der Waals surface area contributed by atoms with Gasteiger partial charge in [-0.1, -0.05) is 86.8 Å². The molecule has 0 amide bonds. The Morgan fingerprint density at radius 3 is 1.83 bits per heavy atom. The minimum atomic E-state index is -1.95. The number of cyclic esters (lactones) is 1. The number of Topliss-reactive ketones (excluding diaryl/α,β-unsaturated/α-hetero) is 1. The van der Waals surface area contributed by atoms with Gasteiger partial charge < -0.3 is 76.1 Å². The smallest absolute Gasteiger partial charge is 0.311 e. The van der Waals surface area contributed by atoms with Crippen LogP contribution in [-0.2, 0) is 28.6 Å². The summed E-state index contributed by atoms with van der Waals surface area (Å²) >= 11 is 0. The summed E-state index contributed by atoms with van der Waals surface area (Å²) in [6.07, 6.45) is 0.848. The van der Waals surface area contributed by atoms with Gasteiger partial charge in [0.2, 0.25) is 0 Å². The van der Waals surface area contributed by atoms with Crippen molar-refractivity contribution in [3.05, 3.63) is 72.9 Å². The minimum Gasteiger partial charge on any atom is -0.481 e. The molecule has 2 rings (SSSR count). The summed E-state index contributed by atoms with van der Waals surface area (Å²) in [6.45, 7) is 6.73. The number of aliphatic carboxylic acids is 1. The highest BCUT2D eigenvalue weighted by atomic mass is 16.7. The molecule has 13 unspecified atom stereocenters. The van der Waals surface area contributed by atoms with E-state index >= 15 is 0 Å². The minimum absolute atomic E-state index is 0.144. The average Bonchev–Trinajstić information content (AvgIpc) is 3.22. The Morgan fingerprint density at radius 2 is 1.18 bits per heavy atom. The standard InChI is InChI=1S/C47H75NO17/c1-27-17-15-13-11-9-7-5-6-8-10-12-14-16-18-35(65-47-45(60)42(48)44(59)30(4)64-47)26-39(56)41(46(61)62)38(55)24-34(52)23-37(54)36(53)20-19-31(49)21-32(50)22-33(51)25-40(57)63-29(3)28(2)43(27)58/h5-6,8,10-18,27-33,35-39,41-45,47,49-51,53-56,58-60H,7,9,19-26,48H2,1-4H3,(H,61,62)/b6-5+,10-8+,13-11+,14-12+,17-15+,18-16?/t27?,28?,29?,30-,31?,32?,33?,35?,36?,37?,38?,39?,41?,42+,43?,44-,45+,47+/m1/s1. The molecule has 0 spiro atoms. The van der Waals surface area contributed by atoms with Crippen molar-refractivity contribution in [3.8, 4) is 0 Å². The predicted molar refractivity (Wildman–Crippen MR) is 238 cm³/mol. The molecule has 0 bridgehead atoms. The van der Waals surface area contributed by atoms with Gasteiger partial charge in [-0.2, -0.15) is 0 Å². The molecule has 0 saturated carbocycles. The zero-order chi connectivity index (χ0) is 48.8. The van der Waals surface area contributed by atoms with Gasteiger partial charge >= 0.3 is 11.9 Å². The number of rotatable bonds is 3. The number of carbonyl (C=O) groups is 3. The second kappa shape index (κ2) is 30.0. The average molecular weight is 926 g/mol. The third-order valence-electron chi connectivity index (χ3n) is 11.7. The van der Waals surface area contributed by atoms with E-state index < -0.39 is 147 Å². The Bertz CT molecular complexity index is 1600. The molecule has 0 aromatic carbocycles. The number of ether oxygens (including phenoxy) is 3. The molecule has 2 aliphatic heterocycles. The van der Waals surface area contributed by atoms with Crippen molar-refractivity contribution in [2.45, 2.75) is 184 Å². The Balaban J connectivity index is 2.26. The summed E-state index contributed by atoms with van der Waals surface area (Å²) in [5, 5.41) is 116. The van der Waals surface area contributed by atoms with Crippen LogP contribution in [0.1, 0.15) is 91.9 Å². The highest BCUT2D eigenvalue weighted by molar-refractivity contribution is 5.81. The van der Waals surface area contributed by atoms with Crippen LogP contribution in [0.25, 0.3) is 0 Å². The van der Waals surface area contributed by atoms with Crippen LogP contribution >= 0.6 is 0 Å². The summed E-state index contributed by atoms with van der Waals surface area (Å²) in [5.74, 6) is -5.88. The van der Waals surface area contributed by atoms with Gasteiger partial charge in [-0.25, -0.2) is 0 Å². The SMILES string of the molecule is CC1/C=C/C=C/CC/C=C/C=C/C=C/C=CC(O[C@@H]2O[C@H](C)[C@@H](O)[C@H](N)[C@@H]2O)CC(O)C(C(=O)O)C(O)CC(=O)CC(O)C(O)CCC(O)CC(O)CC(O)CC(=O)OC(C)C(C)C1O. The number of aliphatic hydroxyl groups is 10. The number of carboxylic acids is 1. The van der Waals surface area contributed by atoms with Crippen LogP contribution < -0.4 is 5.73 Å². The Kier molecular flexibility index (Phi) is 26.6. The lowest BCUT2D eigenvalue weighted by Gasteiger charge is -2.41. The van der Waals surface area contributed by atoms with Gasteiger partial charge in [0.1, 0.15) is 23.9 Å². The molecule has 18 heteroatoms. The van der Waals surface area contributed by atoms with Crippen molar-refractivity contribution < 1.29 is 84.8 Å². The summed E-state index contributed by atoms with van der Waals surface area (Å²) in [5.41, 5.74) is 5.96. The first-order valence-corrected chi connectivity index (χ1v) is 22.4. The molecule has 0 aromatic rings. The fraction of sp³-hybridized carbons (Fsp3) is 0.681. The molecule has 1 saturated heterocycles. The topological polar surface area (TPSA) is 327 Å². The normalized spacial score (nSPS) is 42.0. The van der Waals surface area contributed by atoms with Gasteiger partial charge in [0.25, 0.3) is 0 Å². The highest BCUT2D eigenvalue weighted by Crippen LogP contribution is 2.26. The number of hydrogen-bond acceptors (Lipinski definition) is 17. The van der Waals surface area contributed by atoms with Crippen LogP contribution in [0.5, 0.6) is 0 Å². The van der Waals surface area contributed by atoms with E-state index in [-0.39, 0.29) is 31.6 Å². The first-order valence-electron chi connectivity index (χ1n) is 22.4. The number of nitrogens with two attached hydrogens (primary N) is 1. The monoisotopic (exact) mass is 926 g/mol. The summed E-state index contributed by atoms with van der Waals surface area (Å²) in [7, 11) is 0. The maximum atomic E-state index is 12.9. The van der Waals surface area contributed by atoms with Gasteiger partial charge in [-0.15, -0.1) is 0 Å². The van der Waals surface area contributed by atoms with E-state index in [1.165, 1.54) is 13.0 Å². The van der Waals surface area contributed by atoms with Gasteiger partial charge in [0.15, 0.2) is 6.29 Å². The van der Waals surface area contributed by atoms with Crippen molar-refractivity contribution in [3.63, 3.8) is 0 Å². The number of aliphatic hydroxyl groups excluding tert-OH is 10. The van der Waals surface area contributed by atoms with E-state index in [0.29, 0.717) is 0 Å². The van der Waals surface area contributed by atoms with E-state index in [2.05, 4.69) is 0 Å². The zero-order valence-electron chi connectivity index (χ0n) is 37.8. The first kappa shape index (κ1) is 57.7. The van der Waals surface area contributed by atoms with E-state index in [1.54, 1.807) is 44.2 Å². The molecule has 18 nitrogen and oxygen atoms in total. The van der Waals surface area contributed by atoms with Gasteiger partial charge in [0.05, 0.1) is 79.6 Å². The fourth-order valence-corrected chi connectivity index (χ4v) is 7.45. The molecule has 0 radical (unpaired) electrons. The number of allylic oxidation sites excluding steroid dienone is 10. The second-order valence-corrected chi connectivity index (χ2v) is 17.4. The van der Waals surface area contributed by atoms with Crippen molar-refractivity contribution >= 4 is 17.7 Å².